The molecule has 0 radical (unpaired) electrons. The lowest BCUT2D eigenvalue weighted by molar-refractivity contribution is 0.181. The first-order chi connectivity index (χ1) is 9.11. The van der Waals surface area contributed by atoms with Crippen LogP contribution in [0.15, 0.2) is 16.2 Å². The molecule has 19 heavy (non-hydrogen) atoms. The summed E-state index contributed by atoms with van der Waals surface area (Å²) in [6.45, 7) is 5.76. The minimum Gasteiger partial charge on any atom is -0.396 e. The van der Waals surface area contributed by atoms with Crippen LogP contribution in [0.2, 0.25) is 0 Å². The molecule has 0 saturated carbocycles. The van der Waals surface area contributed by atoms with Gasteiger partial charge in [0.15, 0.2) is 0 Å². The number of aliphatic hydroxyl groups excluding tert-OH is 1. The molecule has 2 rings (SSSR count). The van der Waals surface area contributed by atoms with E-state index in [1.54, 1.807) is 0 Å². The fourth-order valence-corrected chi connectivity index (χ4v) is 2.71. The Balaban J connectivity index is 2.20. The van der Waals surface area contributed by atoms with Gasteiger partial charge in [0.05, 0.1) is 12.1 Å². The monoisotopic (exact) mass is 281 g/mol. The fraction of sp³-hybridized carbons (Fsp3) is 0.538. The van der Waals surface area contributed by atoms with Gasteiger partial charge < -0.3 is 10.1 Å². The molecule has 0 fully saturated rings. The Bertz CT molecular complexity index is 591. The molecule has 0 spiro atoms. The van der Waals surface area contributed by atoms with Crippen LogP contribution < -0.4 is 5.56 Å². The molecule has 0 amide bonds. The van der Waals surface area contributed by atoms with E-state index in [4.69, 9.17) is 5.11 Å². The molecule has 0 bridgehead atoms. The number of nitrogens with zero attached hydrogens (tertiary/aromatic N) is 2. The van der Waals surface area contributed by atoms with E-state index in [1.807, 2.05) is 11.4 Å². The lowest BCUT2D eigenvalue weighted by Gasteiger charge is -2.25. The summed E-state index contributed by atoms with van der Waals surface area (Å²) in [5.41, 5.74) is 0.690. The Morgan fingerprint density at radius 1 is 1.53 bits per heavy atom. The summed E-state index contributed by atoms with van der Waals surface area (Å²) in [5, 5.41) is 10.8. The van der Waals surface area contributed by atoms with Gasteiger partial charge in [-0.05, 0) is 31.7 Å². The second-order valence-corrected chi connectivity index (χ2v) is 5.71. The topological polar surface area (TPSA) is 69.2 Å². The van der Waals surface area contributed by atoms with E-state index < -0.39 is 0 Å². The van der Waals surface area contributed by atoms with Crippen LogP contribution in [0.1, 0.15) is 26.1 Å². The van der Waals surface area contributed by atoms with Crippen molar-refractivity contribution in [3.63, 3.8) is 0 Å². The second kappa shape index (κ2) is 6.27. The van der Waals surface area contributed by atoms with Crippen LogP contribution in [0.25, 0.3) is 10.2 Å². The molecule has 0 aromatic carbocycles. The first-order valence-corrected chi connectivity index (χ1v) is 7.31. The minimum absolute atomic E-state index is 0.0686. The maximum atomic E-state index is 11.9. The van der Waals surface area contributed by atoms with Crippen LogP contribution in [0.5, 0.6) is 0 Å². The van der Waals surface area contributed by atoms with Gasteiger partial charge in [-0.1, -0.05) is 0 Å². The summed E-state index contributed by atoms with van der Waals surface area (Å²) in [4.78, 5) is 21.4. The number of rotatable bonds is 6. The number of aromatic nitrogens is 2. The zero-order valence-corrected chi connectivity index (χ0v) is 12.0. The average Bonchev–Trinajstić information content (AvgIpc) is 2.82. The Hall–Kier alpha value is -1.24. The fourth-order valence-electron chi connectivity index (χ4n) is 1.98. The van der Waals surface area contributed by atoms with Crippen LogP contribution >= 0.6 is 11.3 Å². The summed E-state index contributed by atoms with van der Waals surface area (Å²) in [5.74, 6) is 0.683. The maximum Gasteiger partial charge on any atom is 0.268 e. The van der Waals surface area contributed by atoms with Gasteiger partial charge in [-0.25, -0.2) is 4.98 Å². The van der Waals surface area contributed by atoms with Gasteiger partial charge in [-0.3, -0.25) is 9.69 Å². The summed E-state index contributed by atoms with van der Waals surface area (Å²) >= 11 is 1.41. The van der Waals surface area contributed by atoms with Crippen LogP contribution in [-0.2, 0) is 6.54 Å². The molecule has 0 unspecified atom stereocenters. The summed E-state index contributed by atoms with van der Waals surface area (Å²) < 4.78 is 0.676. The molecule has 2 N–H and O–H groups in total. The van der Waals surface area contributed by atoms with Crippen LogP contribution in [0.4, 0.5) is 0 Å². The largest absolute Gasteiger partial charge is 0.396 e. The molecule has 0 aliphatic carbocycles. The molecule has 0 saturated heterocycles. The number of H-pyrrole nitrogens is 1. The number of aliphatic hydroxyl groups is 1. The van der Waals surface area contributed by atoms with Crippen LogP contribution in [0, 0.1) is 0 Å². The number of aromatic amines is 1. The van der Waals surface area contributed by atoms with Gasteiger partial charge in [0.2, 0.25) is 0 Å². The SMILES string of the molecule is CC(C)N(CCCO)Cc1nc2ccsc2c(=O)[nH]1. The molecule has 2 aromatic rings. The Kier molecular flexibility index (Phi) is 4.68. The van der Waals surface area contributed by atoms with Gasteiger partial charge in [0.25, 0.3) is 5.56 Å². The third-order valence-electron chi connectivity index (χ3n) is 3.05. The standard InChI is InChI=1S/C13H19N3O2S/c1-9(2)16(5-3-6-17)8-11-14-10-4-7-19-12(10)13(18)15-11/h4,7,9,17H,3,5-6,8H2,1-2H3,(H,14,15,18). The van der Waals surface area contributed by atoms with E-state index in [-0.39, 0.29) is 12.2 Å². The lowest BCUT2D eigenvalue weighted by Crippen LogP contribution is -2.33. The van der Waals surface area contributed by atoms with Gasteiger partial charge >= 0.3 is 0 Å². The van der Waals surface area contributed by atoms with Crippen molar-refractivity contribution in [2.45, 2.75) is 32.9 Å². The molecule has 0 aliphatic heterocycles. The molecular weight excluding hydrogens is 262 g/mol. The van der Waals surface area contributed by atoms with Crippen molar-refractivity contribution < 1.29 is 5.11 Å². The van der Waals surface area contributed by atoms with Gasteiger partial charge in [0, 0.05) is 19.2 Å². The van der Waals surface area contributed by atoms with Crippen molar-refractivity contribution in [1.82, 2.24) is 14.9 Å². The molecule has 0 atom stereocenters. The first-order valence-electron chi connectivity index (χ1n) is 6.43. The molecule has 104 valence electrons. The molecule has 2 aromatic heterocycles. The molecule has 5 nitrogen and oxygen atoms in total. The second-order valence-electron chi connectivity index (χ2n) is 4.79. The highest BCUT2D eigenvalue weighted by molar-refractivity contribution is 7.17. The Labute approximate surface area is 115 Å². The smallest absolute Gasteiger partial charge is 0.268 e. The third kappa shape index (κ3) is 3.40. The third-order valence-corrected chi connectivity index (χ3v) is 3.95. The van der Waals surface area contributed by atoms with Crippen molar-refractivity contribution >= 4 is 21.6 Å². The Morgan fingerprint density at radius 3 is 3.00 bits per heavy atom. The van der Waals surface area contributed by atoms with E-state index >= 15 is 0 Å². The lowest BCUT2D eigenvalue weighted by atomic mass is 10.3. The van der Waals surface area contributed by atoms with Gasteiger partial charge in [0.1, 0.15) is 10.5 Å². The molecule has 0 aliphatic rings. The van der Waals surface area contributed by atoms with Crippen molar-refractivity contribution in [2.75, 3.05) is 13.2 Å². The van der Waals surface area contributed by atoms with Gasteiger partial charge in [-0.2, -0.15) is 0 Å². The quantitative estimate of drug-likeness (QED) is 0.843. The highest BCUT2D eigenvalue weighted by atomic mass is 32.1. The number of thiophene rings is 1. The highest BCUT2D eigenvalue weighted by Gasteiger charge is 2.12. The molecule has 6 heteroatoms. The predicted octanol–water partition coefficient (Wildman–Crippen LogP) is 1.58. The van der Waals surface area contributed by atoms with E-state index in [1.165, 1.54) is 11.3 Å². The number of hydrogen-bond donors (Lipinski definition) is 2. The zero-order valence-electron chi connectivity index (χ0n) is 11.2. The Morgan fingerprint density at radius 2 is 2.32 bits per heavy atom. The number of hydrogen-bond acceptors (Lipinski definition) is 5. The normalized spacial score (nSPS) is 11.8. The first kappa shape index (κ1) is 14.2. The number of nitrogens with one attached hydrogen (secondary N) is 1. The number of fused-ring (bicyclic) bond motifs is 1. The van der Waals surface area contributed by atoms with Crippen LogP contribution in [0.3, 0.4) is 0 Å². The zero-order chi connectivity index (χ0) is 13.8. The summed E-state index contributed by atoms with van der Waals surface area (Å²) in [6, 6.07) is 2.21. The minimum atomic E-state index is -0.0686. The van der Waals surface area contributed by atoms with E-state index in [2.05, 4.69) is 28.7 Å². The predicted molar refractivity (Wildman–Crippen MR) is 77.5 cm³/mol. The molecule has 2 heterocycles. The molecular formula is C13H19N3O2S. The summed E-state index contributed by atoms with van der Waals surface area (Å²) in [6.07, 6.45) is 0.725. The van der Waals surface area contributed by atoms with E-state index in [0.717, 1.165) is 18.5 Å². The van der Waals surface area contributed by atoms with Gasteiger partial charge in [-0.15, -0.1) is 11.3 Å². The summed E-state index contributed by atoms with van der Waals surface area (Å²) in [7, 11) is 0. The van der Waals surface area contributed by atoms with Crippen molar-refractivity contribution in [3.8, 4) is 0 Å². The van der Waals surface area contributed by atoms with Crippen molar-refractivity contribution in [2.24, 2.45) is 0 Å². The van der Waals surface area contributed by atoms with Crippen molar-refractivity contribution in [3.05, 3.63) is 27.6 Å². The highest BCUT2D eigenvalue weighted by Crippen LogP contribution is 2.14. The van der Waals surface area contributed by atoms with Crippen LogP contribution in [-0.4, -0.2) is 39.2 Å². The maximum absolute atomic E-state index is 11.9. The van der Waals surface area contributed by atoms with Crippen molar-refractivity contribution in [1.29, 1.82) is 0 Å². The van der Waals surface area contributed by atoms with E-state index in [0.29, 0.717) is 23.1 Å². The van der Waals surface area contributed by atoms with E-state index in [9.17, 15) is 4.79 Å². The average molecular weight is 281 g/mol.